The van der Waals surface area contributed by atoms with Crippen LogP contribution in [0.3, 0.4) is 0 Å². The Morgan fingerprint density at radius 2 is 2.16 bits per heavy atom. The van der Waals surface area contributed by atoms with Crippen molar-refractivity contribution in [1.29, 1.82) is 0 Å². The van der Waals surface area contributed by atoms with Gasteiger partial charge in [0.05, 0.1) is 6.20 Å². The smallest absolute Gasteiger partial charge is 0.330 e. The Balaban J connectivity index is 1.64. The van der Waals surface area contributed by atoms with Crippen molar-refractivity contribution in [3.8, 4) is 0 Å². The van der Waals surface area contributed by atoms with Gasteiger partial charge < -0.3 is 15.0 Å². The zero-order valence-corrected chi connectivity index (χ0v) is 14.6. The van der Waals surface area contributed by atoms with E-state index in [0.29, 0.717) is 31.9 Å². The fourth-order valence-corrected chi connectivity index (χ4v) is 3.27. The van der Waals surface area contributed by atoms with Crippen molar-refractivity contribution in [2.24, 2.45) is 7.05 Å². The molecule has 2 aromatic rings. The van der Waals surface area contributed by atoms with E-state index in [-0.39, 0.29) is 17.8 Å². The van der Waals surface area contributed by atoms with Gasteiger partial charge in [-0.3, -0.25) is 9.13 Å². The number of fused-ring (bicyclic) bond motifs is 1. The number of carbonyl (C=O) groups is 1. The van der Waals surface area contributed by atoms with Gasteiger partial charge in [0.15, 0.2) is 5.65 Å². The number of carbonyl (C=O) groups excluding carboxylic acids is 1. The number of aryl methyl sites for hydroxylation is 1. The molecular formula is C16H24N6O3. The molecule has 9 nitrogen and oxygen atoms in total. The highest BCUT2D eigenvalue weighted by Crippen LogP contribution is 2.24. The van der Waals surface area contributed by atoms with Gasteiger partial charge >= 0.3 is 11.7 Å². The zero-order chi connectivity index (χ0) is 17.8. The number of amides is 2. The van der Waals surface area contributed by atoms with Gasteiger partial charge in [0.2, 0.25) is 0 Å². The monoisotopic (exact) mass is 348 g/mol. The SMILES string of the molecule is COCCCNC(=O)N1CCC(n2c(=O)n(C)c3cncnc32)CC1. The molecule has 136 valence electrons. The minimum absolute atomic E-state index is 0.0450. The number of hydrogen-bond acceptors (Lipinski definition) is 5. The number of ether oxygens (including phenoxy) is 1. The number of aromatic nitrogens is 4. The van der Waals surface area contributed by atoms with Crippen LogP contribution in [0, 0.1) is 0 Å². The molecule has 1 saturated heterocycles. The summed E-state index contributed by atoms with van der Waals surface area (Å²) in [6, 6.07) is -0.00853. The van der Waals surface area contributed by atoms with Crippen molar-refractivity contribution in [2.45, 2.75) is 25.3 Å². The number of nitrogens with one attached hydrogen (secondary N) is 1. The Labute approximate surface area is 145 Å². The highest BCUT2D eigenvalue weighted by molar-refractivity contribution is 5.74. The van der Waals surface area contributed by atoms with Crippen LogP contribution in [0.2, 0.25) is 0 Å². The van der Waals surface area contributed by atoms with Crippen molar-refractivity contribution >= 4 is 17.2 Å². The first-order valence-corrected chi connectivity index (χ1v) is 8.52. The van der Waals surface area contributed by atoms with E-state index in [4.69, 9.17) is 4.74 Å². The van der Waals surface area contributed by atoms with Crippen LogP contribution in [0.25, 0.3) is 11.2 Å². The largest absolute Gasteiger partial charge is 0.385 e. The fraction of sp³-hybridized carbons (Fsp3) is 0.625. The summed E-state index contributed by atoms with van der Waals surface area (Å²) in [5.41, 5.74) is 1.30. The lowest BCUT2D eigenvalue weighted by Gasteiger charge is -2.32. The van der Waals surface area contributed by atoms with Crippen LogP contribution in [0.1, 0.15) is 25.3 Å². The van der Waals surface area contributed by atoms with Crippen molar-refractivity contribution in [2.75, 3.05) is 33.4 Å². The second-order valence-corrected chi connectivity index (χ2v) is 6.24. The van der Waals surface area contributed by atoms with Crippen molar-refractivity contribution in [1.82, 2.24) is 29.3 Å². The van der Waals surface area contributed by atoms with Gasteiger partial charge in [-0.1, -0.05) is 0 Å². The summed E-state index contributed by atoms with van der Waals surface area (Å²) in [5, 5.41) is 2.90. The topological polar surface area (TPSA) is 94.3 Å². The number of imidazole rings is 1. The average Bonchev–Trinajstić information content (AvgIpc) is 2.90. The van der Waals surface area contributed by atoms with E-state index in [1.54, 1.807) is 34.4 Å². The predicted octanol–water partition coefficient (Wildman–Crippen LogP) is 0.513. The van der Waals surface area contributed by atoms with Crippen LogP contribution in [0.15, 0.2) is 17.3 Å². The van der Waals surface area contributed by atoms with Crippen LogP contribution in [0.5, 0.6) is 0 Å². The number of urea groups is 1. The molecule has 1 aliphatic rings. The maximum atomic E-state index is 12.6. The normalized spacial score (nSPS) is 15.7. The summed E-state index contributed by atoms with van der Waals surface area (Å²) < 4.78 is 8.29. The number of nitrogens with zero attached hydrogens (tertiary/aromatic N) is 5. The molecule has 1 aliphatic heterocycles. The Kier molecular flexibility index (Phi) is 5.32. The third-order valence-corrected chi connectivity index (χ3v) is 4.67. The van der Waals surface area contributed by atoms with E-state index in [1.807, 2.05) is 0 Å². The van der Waals surface area contributed by atoms with Crippen molar-refractivity contribution < 1.29 is 9.53 Å². The van der Waals surface area contributed by atoms with Crippen molar-refractivity contribution in [3.63, 3.8) is 0 Å². The molecule has 0 radical (unpaired) electrons. The number of methoxy groups -OCH3 is 1. The van der Waals surface area contributed by atoms with Gasteiger partial charge in [-0.05, 0) is 19.3 Å². The number of likely N-dealkylation sites (tertiary alicyclic amines) is 1. The summed E-state index contributed by atoms with van der Waals surface area (Å²) in [4.78, 5) is 34.8. The lowest BCUT2D eigenvalue weighted by Crippen LogP contribution is -2.46. The summed E-state index contributed by atoms with van der Waals surface area (Å²) in [7, 11) is 3.37. The Hall–Kier alpha value is -2.42. The molecule has 0 atom stereocenters. The van der Waals surface area contributed by atoms with E-state index in [9.17, 15) is 9.59 Å². The molecule has 1 N–H and O–H groups in total. The summed E-state index contributed by atoms with van der Waals surface area (Å²) >= 11 is 0. The summed E-state index contributed by atoms with van der Waals surface area (Å²) in [5.74, 6) is 0. The molecule has 0 aliphatic carbocycles. The van der Waals surface area contributed by atoms with E-state index in [2.05, 4.69) is 15.3 Å². The number of piperidine rings is 1. The Morgan fingerprint density at radius 1 is 1.40 bits per heavy atom. The van der Waals surface area contributed by atoms with Crippen molar-refractivity contribution in [3.05, 3.63) is 23.0 Å². The van der Waals surface area contributed by atoms with E-state index in [1.165, 1.54) is 6.33 Å². The van der Waals surface area contributed by atoms with E-state index >= 15 is 0 Å². The highest BCUT2D eigenvalue weighted by Gasteiger charge is 2.27. The fourth-order valence-electron chi connectivity index (χ4n) is 3.27. The van der Waals surface area contributed by atoms with Gasteiger partial charge in [0.1, 0.15) is 11.8 Å². The minimum atomic E-state index is -0.0852. The first-order chi connectivity index (χ1) is 12.1. The molecule has 0 saturated carbocycles. The lowest BCUT2D eigenvalue weighted by atomic mass is 10.1. The molecule has 2 amide bonds. The number of hydrogen-bond donors (Lipinski definition) is 1. The zero-order valence-electron chi connectivity index (χ0n) is 14.6. The summed E-state index contributed by atoms with van der Waals surface area (Å²) in [6.45, 7) is 2.48. The van der Waals surface area contributed by atoms with Crippen LogP contribution >= 0.6 is 0 Å². The van der Waals surface area contributed by atoms with Crippen LogP contribution in [-0.2, 0) is 11.8 Å². The molecule has 0 unspecified atom stereocenters. The molecular weight excluding hydrogens is 324 g/mol. The van der Waals surface area contributed by atoms with E-state index in [0.717, 1.165) is 24.8 Å². The van der Waals surface area contributed by atoms with Crippen LogP contribution < -0.4 is 11.0 Å². The molecule has 3 heterocycles. The lowest BCUT2D eigenvalue weighted by molar-refractivity contribution is 0.167. The van der Waals surface area contributed by atoms with Gasteiger partial charge in [-0.25, -0.2) is 19.6 Å². The molecule has 25 heavy (non-hydrogen) atoms. The maximum absolute atomic E-state index is 12.6. The second kappa shape index (κ2) is 7.64. The Bertz CT molecular complexity index is 791. The molecule has 1 fully saturated rings. The molecule has 3 rings (SSSR count). The molecule has 0 spiro atoms. The third kappa shape index (κ3) is 3.51. The number of rotatable bonds is 5. The maximum Gasteiger partial charge on any atom is 0.330 e. The predicted molar refractivity (Wildman–Crippen MR) is 92.5 cm³/mol. The third-order valence-electron chi connectivity index (χ3n) is 4.67. The first kappa shape index (κ1) is 17.4. The summed E-state index contributed by atoms with van der Waals surface area (Å²) in [6.07, 6.45) is 5.37. The first-order valence-electron chi connectivity index (χ1n) is 8.52. The molecule has 9 heteroatoms. The van der Waals surface area contributed by atoms with Gasteiger partial charge in [-0.2, -0.15) is 0 Å². The second-order valence-electron chi connectivity index (χ2n) is 6.24. The average molecular weight is 348 g/mol. The molecule has 0 aromatic carbocycles. The standard InChI is InChI=1S/C16H24N6O3/c1-20-13-10-17-11-19-14(13)22(16(20)24)12-4-7-21(8-5-12)15(23)18-6-3-9-25-2/h10-12H,3-9H2,1-2H3,(H,18,23). The minimum Gasteiger partial charge on any atom is -0.385 e. The molecule has 0 bridgehead atoms. The van der Waals surface area contributed by atoms with Crippen LogP contribution in [-0.4, -0.2) is 63.4 Å². The van der Waals surface area contributed by atoms with Gasteiger partial charge in [-0.15, -0.1) is 0 Å². The Morgan fingerprint density at radius 3 is 2.88 bits per heavy atom. The van der Waals surface area contributed by atoms with Gasteiger partial charge in [0.25, 0.3) is 0 Å². The van der Waals surface area contributed by atoms with E-state index < -0.39 is 0 Å². The highest BCUT2D eigenvalue weighted by atomic mass is 16.5. The van der Waals surface area contributed by atoms with Gasteiger partial charge in [0, 0.05) is 46.4 Å². The van der Waals surface area contributed by atoms with Crippen LogP contribution in [0.4, 0.5) is 4.79 Å². The molecule has 2 aromatic heterocycles. The quantitative estimate of drug-likeness (QED) is 0.795.